The summed E-state index contributed by atoms with van der Waals surface area (Å²) in [6, 6.07) is 2.46. The van der Waals surface area contributed by atoms with Crippen LogP contribution in [0, 0.1) is 13.8 Å². The van der Waals surface area contributed by atoms with E-state index in [2.05, 4.69) is 52.4 Å². The van der Waals surface area contributed by atoms with Crippen LogP contribution in [0.1, 0.15) is 35.6 Å². The number of hydrogen-bond donors (Lipinski definition) is 2. The quantitative estimate of drug-likeness (QED) is 0.855. The highest BCUT2D eigenvalue weighted by atomic mass is 32.1. The molecule has 0 radical (unpaired) electrons. The molecule has 7 heteroatoms. The van der Waals surface area contributed by atoms with E-state index in [-0.39, 0.29) is 17.9 Å². The first-order chi connectivity index (χ1) is 10.4. The second kappa shape index (κ2) is 7.31. The van der Waals surface area contributed by atoms with Crippen LogP contribution in [-0.2, 0) is 11.2 Å². The van der Waals surface area contributed by atoms with Crippen LogP contribution in [0.2, 0.25) is 0 Å². The molecule has 0 fully saturated rings. The van der Waals surface area contributed by atoms with Crippen molar-refractivity contribution < 1.29 is 4.79 Å². The number of thiophene rings is 1. The van der Waals surface area contributed by atoms with Crippen LogP contribution in [0.15, 0.2) is 12.4 Å². The Kier molecular flexibility index (Phi) is 5.43. The number of carbonyl (C=O) groups is 1. The topological polar surface area (TPSA) is 79.8 Å². The number of hydrogen-bond acceptors (Lipinski definition) is 6. The molecule has 0 aliphatic carbocycles. The Hall–Kier alpha value is -2.02. The van der Waals surface area contributed by atoms with Crippen molar-refractivity contribution in [2.75, 3.05) is 10.6 Å². The summed E-state index contributed by atoms with van der Waals surface area (Å²) in [7, 11) is 0. The van der Waals surface area contributed by atoms with Gasteiger partial charge in [-0.25, -0.2) is 9.97 Å². The molecule has 0 bridgehead atoms. The summed E-state index contributed by atoms with van der Waals surface area (Å²) in [5.41, 5.74) is 1.36. The van der Waals surface area contributed by atoms with E-state index < -0.39 is 0 Å². The van der Waals surface area contributed by atoms with E-state index in [9.17, 15) is 4.79 Å². The van der Waals surface area contributed by atoms with Crippen molar-refractivity contribution in [1.29, 1.82) is 0 Å². The molecule has 2 aromatic rings. The van der Waals surface area contributed by atoms with Gasteiger partial charge in [-0.3, -0.25) is 10.1 Å². The molecule has 1 amide bonds. The summed E-state index contributed by atoms with van der Waals surface area (Å²) in [4.78, 5) is 25.9. The number of nitrogens with zero attached hydrogens (tertiary/aromatic N) is 3. The van der Waals surface area contributed by atoms with Crippen molar-refractivity contribution in [3.05, 3.63) is 27.7 Å². The molecule has 2 heterocycles. The van der Waals surface area contributed by atoms with Crippen molar-refractivity contribution in [1.82, 2.24) is 15.0 Å². The van der Waals surface area contributed by atoms with Crippen molar-refractivity contribution in [2.24, 2.45) is 0 Å². The zero-order valence-corrected chi connectivity index (χ0v) is 14.1. The third kappa shape index (κ3) is 4.77. The highest BCUT2D eigenvalue weighted by Gasteiger charge is 2.09. The normalized spacial score (nSPS) is 12.0. The van der Waals surface area contributed by atoms with Gasteiger partial charge in [-0.1, -0.05) is 0 Å². The number of aromatic nitrogens is 3. The number of carbonyl (C=O) groups excluding carboxylic acids is 1. The molecule has 0 aliphatic rings. The fourth-order valence-electron chi connectivity index (χ4n) is 2.16. The predicted octanol–water partition coefficient (Wildman–Crippen LogP) is 2.94. The third-order valence-electron chi connectivity index (χ3n) is 3.18. The predicted molar refractivity (Wildman–Crippen MR) is 89.3 cm³/mol. The van der Waals surface area contributed by atoms with Gasteiger partial charge in [0.15, 0.2) is 0 Å². The van der Waals surface area contributed by atoms with E-state index in [4.69, 9.17) is 0 Å². The standard InChI is InChI=1S/C15H21N5OS/c1-9-7-11(3)22-13(9)6-5-10(2)18-14-16-8-17-15(20-14)19-12(4)21/h7-8,10H,5-6H2,1-4H3,(H2,16,17,18,19,20,21). The molecule has 2 N–H and O–H groups in total. The number of amides is 1. The molecule has 1 atom stereocenters. The summed E-state index contributed by atoms with van der Waals surface area (Å²) in [6.45, 7) is 7.81. The van der Waals surface area contributed by atoms with Crippen molar-refractivity contribution in [2.45, 2.75) is 46.6 Å². The molecule has 0 saturated carbocycles. The van der Waals surface area contributed by atoms with Crippen LogP contribution in [0.4, 0.5) is 11.9 Å². The number of anilines is 2. The van der Waals surface area contributed by atoms with Gasteiger partial charge < -0.3 is 5.32 Å². The van der Waals surface area contributed by atoms with Crippen molar-refractivity contribution in [3.8, 4) is 0 Å². The lowest BCUT2D eigenvalue weighted by molar-refractivity contribution is -0.114. The lowest BCUT2D eigenvalue weighted by Gasteiger charge is -2.13. The first kappa shape index (κ1) is 16.4. The van der Waals surface area contributed by atoms with Gasteiger partial charge >= 0.3 is 0 Å². The van der Waals surface area contributed by atoms with Crippen LogP contribution in [-0.4, -0.2) is 26.9 Å². The number of rotatable bonds is 6. The second-order valence-corrected chi connectivity index (χ2v) is 6.70. The molecule has 1 unspecified atom stereocenters. The summed E-state index contributed by atoms with van der Waals surface area (Å²) in [5, 5.41) is 5.79. The maximum atomic E-state index is 11.0. The largest absolute Gasteiger partial charge is 0.352 e. The molecule has 0 saturated heterocycles. The van der Waals surface area contributed by atoms with Gasteiger partial charge in [-0.15, -0.1) is 11.3 Å². The molecule has 0 aromatic carbocycles. The van der Waals surface area contributed by atoms with E-state index in [0.29, 0.717) is 5.95 Å². The van der Waals surface area contributed by atoms with Gasteiger partial charge in [0.05, 0.1) is 0 Å². The summed E-state index contributed by atoms with van der Waals surface area (Å²) in [5.74, 6) is 0.543. The van der Waals surface area contributed by atoms with Crippen LogP contribution >= 0.6 is 11.3 Å². The molecule has 0 aliphatic heterocycles. The van der Waals surface area contributed by atoms with Crippen LogP contribution < -0.4 is 10.6 Å². The molecule has 22 heavy (non-hydrogen) atoms. The number of aryl methyl sites for hydroxylation is 3. The van der Waals surface area contributed by atoms with Crippen LogP contribution in [0.5, 0.6) is 0 Å². The second-order valence-electron chi connectivity index (χ2n) is 5.36. The van der Waals surface area contributed by atoms with Gasteiger partial charge in [0.2, 0.25) is 17.8 Å². The maximum Gasteiger partial charge on any atom is 0.234 e. The van der Waals surface area contributed by atoms with Crippen LogP contribution in [0.25, 0.3) is 0 Å². The Labute approximate surface area is 134 Å². The van der Waals surface area contributed by atoms with E-state index >= 15 is 0 Å². The molecule has 2 rings (SSSR count). The first-order valence-corrected chi connectivity index (χ1v) is 8.04. The third-order valence-corrected chi connectivity index (χ3v) is 4.40. The SMILES string of the molecule is CC(=O)Nc1ncnc(NC(C)CCc2sc(C)cc2C)n1. The van der Waals surface area contributed by atoms with E-state index in [1.54, 1.807) is 0 Å². The van der Waals surface area contributed by atoms with Gasteiger partial charge in [-0.2, -0.15) is 4.98 Å². The Balaban J connectivity index is 1.90. The Morgan fingerprint density at radius 1 is 1.32 bits per heavy atom. The fourth-order valence-corrected chi connectivity index (χ4v) is 3.23. The Bertz CT molecular complexity index is 655. The zero-order valence-electron chi connectivity index (χ0n) is 13.3. The molecular formula is C15H21N5OS. The average molecular weight is 319 g/mol. The minimum absolute atomic E-state index is 0.200. The molecule has 6 nitrogen and oxygen atoms in total. The molecule has 0 spiro atoms. The van der Waals surface area contributed by atoms with E-state index in [1.165, 1.54) is 28.6 Å². The molecule has 118 valence electrons. The lowest BCUT2D eigenvalue weighted by atomic mass is 10.1. The fraction of sp³-hybridized carbons (Fsp3) is 0.467. The van der Waals surface area contributed by atoms with Crippen LogP contribution in [0.3, 0.4) is 0 Å². The minimum Gasteiger partial charge on any atom is -0.352 e. The smallest absolute Gasteiger partial charge is 0.234 e. The lowest BCUT2D eigenvalue weighted by Crippen LogP contribution is -2.19. The Morgan fingerprint density at radius 3 is 2.68 bits per heavy atom. The van der Waals surface area contributed by atoms with Gasteiger partial charge in [0.25, 0.3) is 0 Å². The van der Waals surface area contributed by atoms with Crippen molar-refractivity contribution in [3.63, 3.8) is 0 Å². The zero-order chi connectivity index (χ0) is 16.1. The van der Waals surface area contributed by atoms with Gasteiger partial charge in [-0.05, 0) is 45.2 Å². The summed E-state index contributed by atoms with van der Waals surface area (Å²) < 4.78 is 0. The van der Waals surface area contributed by atoms with E-state index in [0.717, 1.165) is 12.8 Å². The summed E-state index contributed by atoms with van der Waals surface area (Å²) >= 11 is 1.86. The Morgan fingerprint density at radius 2 is 2.05 bits per heavy atom. The molecular weight excluding hydrogens is 298 g/mol. The molecule has 2 aromatic heterocycles. The van der Waals surface area contributed by atoms with E-state index in [1.807, 2.05) is 11.3 Å². The maximum absolute atomic E-state index is 11.0. The monoisotopic (exact) mass is 319 g/mol. The highest BCUT2D eigenvalue weighted by molar-refractivity contribution is 7.12. The summed E-state index contributed by atoms with van der Waals surface area (Å²) in [6.07, 6.45) is 3.41. The minimum atomic E-state index is -0.200. The highest BCUT2D eigenvalue weighted by Crippen LogP contribution is 2.23. The van der Waals surface area contributed by atoms with Gasteiger partial charge in [0, 0.05) is 22.7 Å². The van der Waals surface area contributed by atoms with Crippen molar-refractivity contribution >= 4 is 29.1 Å². The number of nitrogens with one attached hydrogen (secondary N) is 2. The van der Waals surface area contributed by atoms with Gasteiger partial charge in [0.1, 0.15) is 6.33 Å². The average Bonchev–Trinajstić information content (AvgIpc) is 2.74. The first-order valence-electron chi connectivity index (χ1n) is 7.23.